The van der Waals surface area contributed by atoms with E-state index in [1.807, 2.05) is 6.92 Å². The van der Waals surface area contributed by atoms with Crippen molar-refractivity contribution in [1.82, 2.24) is 0 Å². The summed E-state index contributed by atoms with van der Waals surface area (Å²) in [4.78, 5) is 10.6. The highest BCUT2D eigenvalue weighted by atomic mass is 32.2. The molecule has 100 valence electrons. The Labute approximate surface area is 107 Å². The summed E-state index contributed by atoms with van der Waals surface area (Å²) in [6, 6.07) is 5.63. The van der Waals surface area contributed by atoms with Crippen LogP contribution >= 0.6 is 0 Å². The average Bonchev–Trinajstić information content (AvgIpc) is 2.29. The van der Waals surface area contributed by atoms with E-state index >= 15 is 0 Å². The Kier molecular flexibility index (Phi) is 5.15. The zero-order valence-corrected chi connectivity index (χ0v) is 11.0. The lowest BCUT2D eigenvalue weighted by Gasteiger charge is -2.07. The topological polar surface area (TPSA) is 83.5 Å². The number of sulfonamides is 1. The molecule has 1 aromatic rings. The van der Waals surface area contributed by atoms with Gasteiger partial charge in [-0.25, -0.2) is 13.2 Å². The van der Waals surface area contributed by atoms with Crippen LogP contribution in [0.1, 0.15) is 36.5 Å². The minimum atomic E-state index is -3.34. The van der Waals surface area contributed by atoms with Crippen LogP contribution in [0, 0.1) is 0 Å². The third kappa shape index (κ3) is 4.75. The van der Waals surface area contributed by atoms with E-state index < -0.39 is 16.0 Å². The predicted octanol–water partition coefficient (Wildman–Crippen LogP) is 2.32. The number of carboxylic acids is 1. The minimum Gasteiger partial charge on any atom is -0.478 e. The molecule has 1 rings (SSSR count). The van der Waals surface area contributed by atoms with Crippen LogP contribution < -0.4 is 4.72 Å². The van der Waals surface area contributed by atoms with Crippen molar-refractivity contribution in [3.8, 4) is 0 Å². The molecule has 18 heavy (non-hydrogen) atoms. The second-order valence-corrected chi connectivity index (χ2v) is 5.85. The molecular formula is C12H17NO4S. The van der Waals surface area contributed by atoms with Crippen LogP contribution in [0.25, 0.3) is 0 Å². The summed E-state index contributed by atoms with van der Waals surface area (Å²) >= 11 is 0. The summed E-state index contributed by atoms with van der Waals surface area (Å²) in [6.45, 7) is 2.00. The molecule has 0 bridgehead atoms. The highest BCUT2D eigenvalue weighted by Crippen LogP contribution is 2.12. The SMILES string of the molecule is CCCCCS(=O)(=O)Nc1ccc(C(=O)O)cc1. The summed E-state index contributed by atoms with van der Waals surface area (Å²) in [5.41, 5.74) is 0.514. The van der Waals surface area contributed by atoms with Crippen molar-refractivity contribution in [3.05, 3.63) is 29.8 Å². The zero-order chi connectivity index (χ0) is 13.6. The first-order chi connectivity index (χ1) is 8.44. The van der Waals surface area contributed by atoms with Gasteiger partial charge < -0.3 is 5.11 Å². The smallest absolute Gasteiger partial charge is 0.335 e. The van der Waals surface area contributed by atoms with E-state index in [-0.39, 0.29) is 11.3 Å². The fourth-order valence-corrected chi connectivity index (χ4v) is 2.63. The molecule has 6 heteroatoms. The molecule has 0 atom stereocenters. The maximum absolute atomic E-state index is 11.7. The van der Waals surface area contributed by atoms with E-state index in [9.17, 15) is 13.2 Å². The first kappa shape index (κ1) is 14.5. The number of aromatic carboxylic acids is 1. The molecule has 0 amide bonds. The van der Waals surface area contributed by atoms with Gasteiger partial charge in [0.2, 0.25) is 10.0 Å². The fourth-order valence-electron chi connectivity index (χ4n) is 1.45. The molecule has 0 fully saturated rings. The first-order valence-corrected chi connectivity index (χ1v) is 7.43. The number of benzene rings is 1. The number of carbonyl (C=O) groups is 1. The Balaban J connectivity index is 2.63. The monoisotopic (exact) mass is 271 g/mol. The number of hydrogen-bond donors (Lipinski definition) is 2. The van der Waals surface area contributed by atoms with Crippen molar-refractivity contribution < 1.29 is 18.3 Å². The molecule has 2 N–H and O–H groups in total. The van der Waals surface area contributed by atoms with Crippen LogP contribution in [0.4, 0.5) is 5.69 Å². The molecule has 0 saturated heterocycles. The van der Waals surface area contributed by atoms with Crippen LogP contribution in [-0.2, 0) is 10.0 Å². The number of rotatable bonds is 7. The average molecular weight is 271 g/mol. The highest BCUT2D eigenvalue weighted by molar-refractivity contribution is 7.92. The fraction of sp³-hybridized carbons (Fsp3) is 0.417. The van der Waals surface area contributed by atoms with Gasteiger partial charge in [-0.2, -0.15) is 0 Å². The molecule has 0 heterocycles. The van der Waals surface area contributed by atoms with Gasteiger partial charge in [-0.05, 0) is 30.7 Å². The quantitative estimate of drug-likeness (QED) is 0.745. The Morgan fingerprint density at radius 2 is 1.83 bits per heavy atom. The standard InChI is InChI=1S/C12H17NO4S/c1-2-3-4-9-18(16,17)13-11-7-5-10(6-8-11)12(14)15/h5-8,13H,2-4,9H2,1H3,(H,14,15). The number of carboxylic acid groups (broad SMARTS) is 1. The van der Waals surface area contributed by atoms with E-state index in [1.54, 1.807) is 0 Å². The predicted molar refractivity (Wildman–Crippen MR) is 70.3 cm³/mol. The van der Waals surface area contributed by atoms with Gasteiger partial charge in [0.1, 0.15) is 0 Å². The van der Waals surface area contributed by atoms with Gasteiger partial charge in [0, 0.05) is 5.69 Å². The van der Waals surface area contributed by atoms with Crippen LogP contribution in [-0.4, -0.2) is 25.2 Å². The Morgan fingerprint density at radius 1 is 1.22 bits per heavy atom. The number of unbranched alkanes of at least 4 members (excludes halogenated alkanes) is 2. The third-order valence-corrected chi connectivity index (χ3v) is 3.79. The number of hydrogen-bond acceptors (Lipinski definition) is 3. The van der Waals surface area contributed by atoms with Gasteiger partial charge in [0.25, 0.3) is 0 Å². The van der Waals surface area contributed by atoms with Crippen molar-refractivity contribution in [2.24, 2.45) is 0 Å². The molecule has 0 aliphatic carbocycles. The summed E-state index contributed by atoms with van der Waals surface area (Å²) in [5, 5.41) is 8.71. The lowest BCUT2D eigenvalue weighted by Crippen LogP contribution is -2.16. The summed E-state index contributed by atoms with van der Waals surface area (Å²) in [5.74, 6) is -0.950. The van der Waals surface area contributed by atoms with Crippen LogP contribution in [0.5, 0.6) is 0 Å². The lowest BCUT2D eigenvalue weighted by molar-refractivity contribution is 0.0697. The van der Waals surface area contributed by atoms with E-state index in [4.69, 9.17) is 5.11 Å². The van der Waals surface area contributed by atoms with Gasteiger partial charge in [-0.15, -0.1) is 0 Å². The lowest BCUT2D eigenvalue weighted by atomic mass is 10.2. The second-order valence-electron chi connectivity index (χ2n) is 4.01. The minimum absolute atomic E-state index is 0.0848. The largest absolute Gasteiger partial charge is 0.478 e. The third-order valence-electron chi connectivity index (χ3n) is 2.42. The van der Waals surface area contributed by atoms with Gasteiger partial charge in [0.15, 0.2) is 0 Å². The van der Waals surface area contributed by atoms with Crippen molar-refractivity contribution in [2.75, 3.05) is 10.5 Å². The van der Waals surface area contributed by atoms with Crippen LogP contribution in [0.15, 0.2) is 24.3 Å². The Bertz CT molecular complexity index is 493. The van der Waals surface area contributed by atoms with Crippen LogP contribution in [0.2, 0.25) is 0 Å². The molecule has 5 nitrogen and oxygen atoms in total. The molecule has 0 aromatic heterocycles. The maximum Gasteiger partial charge on any atom is 0.335 e. The summed E-state index contributed by atoms with van der Waals surface area (Å²) in [6.07, 6.45) is 2.46. The molecule has 0 radical (unpaired) electrons. The highest BCUT2D eigenvalue weighted by Gasteiger charge is 2.10. The van der Waals surface area contributed by atoms with Gasteiger partial charge >= 0.3 is 5.97 Å². The molecule has 0 unspecified atom stereocenters. The number of nitrogens with one attached hydrogen (secondary N) is 1. The molecular weight excluding hydrogens is 254 g/mol. The molecule has 0 aliphatic rings. The summed E-state index contributed by atoms with van der Waals surface area (Å²) < 4.78 is 25.8. The van der Waals surface area contributed by atoms with E-state index in [1.165, 1.54) is 24.3 Å². The molecule has 0 saturated carbocycles. The number of anilines is 1. The first-order valence-electron chi connectivity index (χ1n) is 5.78. The van der Waals surface area contributed by atoms with Crippen molar-refractivity contribution in [1.29, 1.82) is 0 Å². The van der Waals surface area contributed by atoms with E-state index in [2.05, 4.69) is 4.72 Å². The summed E-state index contributed by atoms with van der Waals surface area (Å²) in [7, 11) is -3.34. The molecule has 0 spiro atoms. The van der Waals surface area contributed by atoms with Crippen LogP contribution in [0.3, 0.4) is 0 Å². The molecule has 0 aliphatic heterocycles. The van der Waals surface area contributed by atoms with Gasteiger partial charge in [0.05, 0.1) is 11.3 Å². The van der Waals surface area contributed by atoms with E-state index in [0.717, 1.165) is 12.8 Å². The normalized spacial score (nSPS) is 11.2. The maximum atomic E-state index is 11.7. The van der Waals surface area contributed by atoms with Crippen molar-refractivity contribution in [2.45, 2.75) is 26.2 Å². The van der Waals surface area contributed by atoms with Gasteiger partial charge in [-0.1, -0.05) is 19.8 Å². The van der Waals surface area contributed by atoms with E-state index in [0.29, 0.717) is 12.1 Å². The van der Waals surface area contributed by atoms with Crippen molar-refractivity contribution in [3.63, 3.8) is 0 Å². The molecule has 1 aromatic carbocycles. The van der Waals surface area contributed by atoms with Crippen molar-refractivity contribution >= 4 is 21.7 Å². The Hall–Kier alpha value is -1.56. The Morgan fingerprint density at radius 3 is 2.33 bits per heavy atom. The van der Waals surface area contributed by atoms with Gasteiger partial charge in [-0.3, -0.25) is 4.72 Å². The zero-order valence-electron chi connectivity index (χ0n) is 10.2. The second kappa shape index (κ2) is 6.39.